The van der Waals surface area contributed by atoms with Crippen molar-refractivity contribution < 1.29 is 4.74 Å². The van der Waals surface area contributed by atoms with Crippen LogP contribution < -0.4 is 10.5 Å². The maximum atomic E-state index is 6.11. The molecule has 0 saturated heterocycles. The van der Waals surface area contributed by atoms with Crippen molar-refractivity contribution in [2.24, 2.45) is 5.73 Å². The average molecular weight is 226 g/mol. The second kappa shape index (κ2) is 4.69. The van der Waals surface area contributed by atoms with Gasteiger partial charge in [-0.3, -0.25) is 0 Å². The second-order valence-corrected chi connectivity index (χ2v) is 3.92. The van der Waals surface area contributed by atoms with E-state index in [4.69, 9.17) is 22.1 Å². The van der Waals surface area contributed by atoms with E-state index in [1.54, 1.807) is 13.2 Å². The summed E-state index contributed by atoms with van der Waals surface area (Å²) in [5.41, 5.74) is 8.65. The molecule has 3 heteroatoms. The lowest BCUT2D eigenvalue weighted by Gasteiger charge is -2.17. The molecule has 1 rings (SSSR count). The first kappa shape index (κ1) is 12.1. The van der Waals surface area contributed by atoms with Crippen LogP contribution in [0.25, 0.3) is 6.08 Å². The fourth-order valence-electron chi connectivity index (χ4n) is 1.58. The number of rotatable bonds is 3. The van der Waals surface area contributed by atoms with Crippen LogP contribution >= 0.6 is 11.6 Å². The Labute approximate surface area is 95.7 Å². The molecule has 1 unspecified atom stereocenters. The topological polar surface area (TPSA) is 35.2 Å². The zero-order chi connectivity index (χ0) is 11.6. The molecular formula is C12H16ClNO. The van der Waals surface area contributed by atoms with Gasteiger partial charge in [-0.05, 0) is 25.5 Å². The molecule has 0 heterocycles. The first-order valence-electron chi connectivity index (χ1n) is 4.77. The molecule has 0 saturated carbocycles. The highest BCUT2D eigenvalue weighted by Crippen LogP contribution is 2.35. The maximum absolute atomic E-state index is 6.11. The van der Waals surface area contributed by atoms with E-state index in [1.165, 1.54) is 0 Å². The van der Waals surface area contributed by atoms with Gasteiger partial charge in [-0.2, -0.15) is 0 Å². The molecule has 0 aliphatic carbocycles. The van der Waals surface area contributed by atoms with Crippen molar-refractivity contribution in [3.8, 4) is 5.75 Å². The number of halogens is 1. The Kier molecular flexibility index (Phi) is 3.77. The third-order valence-corrected chi connectivity index (χ3v) is 2.84. The first-order chi connectivity index (χ1) is 7.02. The Morgan fingerprint density at radius 2 is 2.20 bits per heavy atom. The lowest BCUT2D eigenvalue weighted by Crippen LogP contribution is -2.08. The molecule has 0 bridgehead atoms. The summed E-state index contributed by atoms with van der Waals surface area (Å²) in [5.74, 6) is 0.766. The predicted molar refractivity (Wildman–Crippen MR) is 65.4 cm³/mol. The number of benzene rings is 1. The summed E-state index contributed by atoms with van der Waals surface area (Å²) in [6, 6.07) is 1.74. The number of nitrogens with two attached hydrogens (primary N) is 1. The van der Waals surface area contributed by atoms with Crippen LogP contribution in [-0.2, 0) is 0 Å². The molecule has 0 radical (unpaired) electrons. The van der Waals surface area contributed by atoms with Gasteiger partial charge in [0.05, 0.1) is 7.11 Å². The van der Waals surface area contributed by atoms with E-state index in [9.17, 15) is 0 Å². The van der Waals surface area contributed by atoms with Gasteiger partial charge in [0.2, 0.25) is 0 Å². The van der Waals surface area contributed by atoms with Crippen LogP contribution in [-0.4, -0.2) is 7.11 Å². The highest BCUT2D eigenvalue weighted by molar-refractivity contribution is 6.31. The van der Waals surface area contributed by atoms with Gasteiger partial charge >= 0.3 is 0 Å². The monoisotopic (exact) mass is 225 g/mol. The minimum absolute atomic E-state index is 0.114. The highest BCUT2D eigenvalue weighted by Gasteiger charge is 2.15. The molecule has 0 amide bonds. The van der Waals surface area contributed by atoms with E-state index in [0.717, 1.165) is 22.4 Å². The van der Waals surface area contributed by atoms with Crippen LogP contribution in [0.2, 0.25) is 5.02 Å². The molecule has 0 aliphatic rings. The van der Waals surface area contributed by atoms with Crippen molar-refractivity contribution in [3.05, 3.63) is 34.4 Å². The number of ether oxygens (including phenoxy) is 1. The van der Waals surface area contributed by atoms with Crippen molar-refractivity contribution in [1.82, 2.24) is 0 Å². The predicted octanol–water partition coefficient (Wildman–Crippen LogP) is 3.32. The van der Waals surface area contributed by atoms with Crippen molar-refractivity contribution in [2.45, 2.75) is 19.9 Å². The van der Waals surface area contributed by atoms with Crippen LogP contribution in [0.3, 0.4) is 0 Å². The van der Waals surface area contributed by atoms with Crippen LogP contribution in [0.1, 0.15) is 29.7 Å². The fourth-order valence-corrected chi connectivity index (χ4v) is 1.80. The number of methoxy groups -OCH3 is 1. The molecule has 0 fully saturated rings. The van der Waals surface area contributed by atoms with E-state index in [2.05, 4.69) is 6.58 Å². The van der Waals surface area contributed by atoms with Gasteiger partial charge in [-0.25, -0.2) is 0 Å². The molecule has 0 aliphatic heterocycles. The second-order valence-electron chi connectivity index (χ2n) is 3.51. The maximum Gasteiger partial charge on any atom is 0.131 e. The largest absolute Gasteiger partial charge is 0.496 e. The standard InChI is InChI=1S/C12H16ClNO/c1-5-9-7(2)11(13)6-10(8(3)14)12(9)15-4/h5-6,8H,1,14H2,2-4H3. The highest BCUT2D eigenvalue weighted by atomic mass is 35.5. The normalized spacial score (nSPS) is 12.3. The van der Waals surface area contributed by atoms with Crippen molar-refractivity contribution in [3.63, 3.8) is 0 Å². The lowest BCUT2D eigenvalue weighted by molar-refractivity contribution is 0.405. The third-order valence-electron chi connectivity index (χ3n) is 2.45. The summed E-state index contributed by atoms with van der Waals surface area (Å²) in [6.45, 7) is 7.60. The van der Waals surface area contributed by atoms with E-state index in [1.807, 2.05) is 19.9 Å². The Morgan fingerprint density at radius 3 is 2.60 bits per heavy atom. The minimum Gasteiger partial charge on any atom is -0.496 e. The van der Waals surface area contributed by atoms with Crippen molar-refractivity contribution >= 4 is 17.7 Å². The quantitative estimate of drug-likeness (QED) is 0.857. The Balaban J connectivity index is 3.54. The van der Waals surface area contributed by atoms with E-state index >= 15 is 0 Å². The smallest absolute Gasteiger partial charge is 0.131 e. The van der Waals surface area contributed by atoms with E-state index < -0.39 is 0 Å². The summed E-state index contributed by atoms with van der Waals surface area (Å²) in [4.78, 5) is 0. The molecule has 82 valence electrons. The van der Waals surface area contributed by atoms with Gasteiger partial charge < -0.3 is 10.5 Å². The summed E-state index contributed by atoms with van der Waals surface area (Å²) in [6.07, 6.45) is 1.74. The van der Waals surface area contributed by atoms with Gasteiger partial charge in [0.1, 0.15) is 5.75 Å². The molecular weight excluding hydrogens is 210 g/mol. The molecule has 0 aromatic heterocycles. The zero-order valence-corrected chi connectivity index (χ0v) is 10.1. The molecule has 0 spiro atoms. The first-order valence-corrected chi connectivity index (χ1v) is 5.15. The van der Waals surface area contributed by atoms with Gasteiger partial charge in [0, 0.05) is 22.2 Å². The van der Waals surface area contributed by atoms with Crippen LogP contribution in [0.4, 0.5) is 0 Å². The van der Waals surface area contributed by atoms with E-state index in [-0.39, 0.29) is 6.04 Å². The summed E-state index contributed by atoms with van der Waals surface area (Å²) >= 11 is 6.11. The van der Waals surface area contributed by atoms with Gasteiger partial charge in [-0.1, -0.05) is 24.3 Å². The summed E-state index contributed by atoms with van der Waals surface area (Å²) in [7, 11) is 1.63. The van der Waals surface area contributed by atoms with Gasteiger partial charge in [0.15, 0.2) is 0 Å². The third kappa shape index (κ3) is 2.16. The van der Waals surface area contributed by atoms with Crippen LogP contribution in [0.5, 0.6) is 5.75 Å². The molecule has 1 atom stereocenters. The van der Waals surface area contributed by atoms with Gasteiger partial charge in [0.25, 0.3) is 0 Å². The molecule has 1 aromatic carbocycles. The Bertz CT molecular complexity index is 386. The summed E-state index contributed by atoms with van der Waals surface area (Å²) in [5, 5.41) is 0.693. The molecule has 2 nitrogen and oxygen atoms in total. The molecule has 2 N–H and O–H groups in total. The zero-order valence-electron chi connectivity index (χ0n) is 9.30. The summed E-state index contributed by atoms with van der Waals surface area (Å²) < 4.78 is 5.35. The number of hydrogen-bond acceptors (Lipinski definition) is 2. The molecule has 1 aromatic rings. The van der Waals surface area contributed by atoms with Crippen molar-refractivity contribution in [2.75, 3.05) is 7.11 Å². The fraction of sp³-hybridized carbons (Fsp3) is 0.333. The van der Waals surface area contributed by atoms with Crippen LogP contribution in [0, 0.1) is 6.92 Å². The molecule has 15 heavy (non-hydrogen) atoms. The number of hydrogen-bond donors (Lipinski definition) is 1. The lowest BCUT2D eigenvalue weighted by atomic mass is 9.99. The SMILES string of the molecule is C=Cc1c(C)c(Cl)cc(C(C)N)c1OC. The van der Waals surface area contributed by atoms with Crippen LogP contribution in [0.15, 0.2) is 12.6 Å². The van der Waals surface area contributed by atoms with Gasteiger partial charge in [-0.15, -0.1) is 0 Å². The average Bonchev–Trinajstić information content (AvgIpc) is 2.20. The van der Waals surface area contributed by atoms with Crippen molar-refractivity contribution in [1.29, 1.82) is 0 Å². The Hall–Kier alpha value is -0.990. The minimum atomic E-state index is -0.114. The Morgan fingerprint density at radius 1 is 1.60 bits per heavy atom. The van der Waals surface area contributed by atoms with E-state index in [0.29, 0.717) is 5.02 Å².